The molecule has 7 nitrogen and oxygen atoms in total. The molecule has 2 N–H and O–H groups in total. The van der Waals surface area contributed by atoms with Gasteiger partial charge in [-0.2, -0.15) is 10.1 Å². The summed E-state index contributed by atoms with van der Waals surface area (Å²) >= 11 is 0. The van der Waals surface area contributed by atoms with Gasteiger partial charge in [-0.3, -0.25) is 4.98 Å². The maximum atomic E-state index is 7.44. The van der Waals surface area contributed by atoms with Gasteiger partial charge in [0, 0.05) is 25.1 Å². The van der Waals surface area contributed by atoms with Gasteiger partial charge in [-0.05, 0) is 37.1 Å². The lowest BCUT2D eigenvalue weighted by Crippen LogP contribution is -1.99. The van der Waals surface area contributed by atoms with Gasteiger partial charge in [-0.25, -0.2) is 9.67 Å². The third kappa shape index (κ3) is 2.95. The van der Waals surface area contributed by atoms with Crippen LogP contribution in [0.5, 0.6) is 0 Å². The Labute approximate surface area is 152 Å². The molecule has 0 radical (unpaired) electrons. The number of hydrogen-bond donors (Lipinski definition) is 2. The van der Waals surface area contributed by atoms with Crippen molar-refractivity contribution < 1.29 is 1.37 Å². The van der Waals surface area contributed by atoms with Crippen molar-refractivity contribution in [3.63, 3.8) is 0 Å². The third-order valence-electron chi connectivity index (χ3n) is 4.18. The van der Waals surface area contributed by atoms with E-state index in [2.05, 4.69) is 56.7 Å². The van der Waals surface area contributed by atoms with Gasteiger partial charge in [0.2, 0.25) is 5.95 Å². The number of benzene rings is 1. The summed E-state index contributed by atoms with van der Waals surface area (Å²) in [7, 11) is 1.85. The summed E-state index contributed by atoms with van der Waals surface area (Å²) in [6, 6.07) is 9.54. The minimum Gasteiger partial charge on any atom is -0.338 e. The Kier molecular flexibility index (Phi) is 3.67. The SMILES string of the molecule is [2H]c1ccc(Nc2ncc3c(Nc4c(C)cccc4C)nn(C)c3n2)cn1. The lowest BCUT2D eigenvalue weighted by Gasteiger charge is -2.10. The van der Waals surface area contributed by atoms with E-state index < -0.39 is 0 Å². The van der Waals surface area contributed by atoms with Crippen LogP contribution < -0.4 is 10.6 Å². The van der Waals surface area contributed by atoms with Crippen LogP contribution in [0.2, 0.25) is 0 Å². The van der Waals surface area contributed by atoms with Crippen LogP contribution in [0.25, 0.3) is 11.0 Å². The molecule has 0 fully saturated rings. The zero-order chi connectivity index (χ0) is 19.0. The number of rotatable bonds is 4. The minimum absolute atomic E-state index is 0.214. The van der Waals surface area contributed by atoms with E-state index >= 15 is 0 Å². The summed E-state index contributed by atoms with van der Waals surface area (Å²) in [5.41, 5.74) is 4.78. The van der Waals surface area contributed by atoms with E-state index in [9.17, 15) is 0 Å². The van der Waals surface area contributed by atoms with E-state index in [0.29, 0.717) is 11.6 Å². The molecule has 0 bridgehead atoms. The number of anilines is 4. The molecular weight excluding hydrogens is 326 g/mol. The first kappa shape index (κ1) is 14.8. The number of aryl methyl sites for hydroxylation is 3. The molecule has 0 aliphatic rings. The van der Waals surface area contributed by atoms with Gasteiger partial charge in [0.05, 0.1) is 18.6 Å². The van der Waals surface area contributed by atoms with Crippen molar-refractivity contribution in [1.82, 2.24) is 24.7 Å². The second-order valence-corrected chi connectivity index (χ2v) is 6.10. The van der Waals surface area contributed by atoms with Crippen molar-refractivity contribution in [3.8, 4) is 0 Å². The van der Waals surface area contributed by atoms with Crippen LogP contribution in [0.1, 0.15) is 12.5 Å². The fourth-order valence-corrected chi connectivity index (χ4v) is 2.84. The molecule has 3 heterocycles. The highest BCUT2D eigenvalue weighted by atomic mass is 15.3. The number of pyridine rings is 1. The number of nitrogens with zero attached hydrogens (tertiary/aromatic N) is 5. The van der Waals surface area contributed by atoms with Gasteiger partial charge in [0.15, 0.2) is 11.5 Å². The van der Waals surface area contributed by atoms with Crippen molar-refractivity contribution in [2.24, 2.45) is 7.05 Å². The molecule has 0 unspecified atom stereocenters. The zero-order valence-electron chi connectivity index (χ0n) is 15.8. The number of aromatic nitrogens is 5. The van der Waals surface area contributed by atoms with E-state index in [0.717, 1.165) is 33.7 Å². The van der Waals surface area contributed by atoms with Crippen LogP contribution in [-0.4, -0.2) is 24.7 Å². The summed E-state index contributed by atoms with van der Waals surface area (Å²) in [6.45, 7) is 4.13. The molecule has 0 atom stereocenters. The second-order valence-electron chi connectivity index (χ2n) is 6.10. The first-order chi connectivity index (χ1) is 13.0. The molecule has 0 saturated carbocycles. The Balaban J connectivity index is 1.68. The predicted octanol–water partition coefficient (Wildman–Crippen LogP) is 3.86. The Bertz CT molecular complexity index is 1100. The van der Waals surface area contributed by atoms with Gasteiger partial charge in [-0.15, -0.1) is 0 Å². The predicted molar refractivity (Wildman–Crippen MR) is 103 cm³/mol. The van der Waals surface area contributed by atoms with Crippen LogP contribution in [0.15, 0.2) is 48.9 Å². The van der Waals surface area contributed by atoms with Gasteiger partial charge in [0.1, 0.15) is 0 Å². The average molecular weight is 346 g/mol. The Morgan fingerprint density at radius 3 is 2.58 bits per heavy atom. The van der Waals surface area contributed by atoms with Crippen molar-refractivity contribution in [3.05, 3.63) is 60.0 Å². The highest BCUT2D eigenvalue weighted by Crippen LogP contribution is 2.28. The van der Waals surface area contributed by atoms with E-state index in [1.807, 2.05) is 13.1 Å². The summed E-state index contributed by atoms with van der Waals surface area (Å²) in [5.74, 6) is 1.17. The zero-order valence-corrected chi connectivity index (χ0v) is 14.8. The molecule has 0 aliphatic heterocycles. The fourth-order valence-electron chi connectivity index (χ4n) is 2.84. The fraction of sp³-hybridized carbons (Fsp3) is 0.158. The molecule has 4 rings (SSSR count). The summed E-state index contributed by atoms with van der Waals surface area (Å²) in [4.78, 5) is 12.9. The first-order valence-electron chi connectivity index (χ1n) is 8.74. The van der Waals surface area contributed by atoms with Crippen LogP contribution in [0.4, 0.5) is 23.1 Å². The number of fused-ring (bicyclic) bond motifs is 1. The van der Waals surface area contributed by atoms with E-state index in [-0.39, 0.29) is 6.17 Å². The Morgan fingerprint density at radius 2 is 1.85 bits per heavy atom. The average Bonchev–Trinajstić information content (AvgIpc) is 2.96. The van der Waals surface area contributed by atoms with Gasteiger partial charge < -0.3 is 10.6 Å². The maximum Gasteiger partial charge on any atom is 0.229 e. The topological polar surface area (TPSA) is 80.5 Å². The summed E-state index contributed by atoms with van der Waals surface area (Å²) in [5, 5.41) is 11.9. The van der Waals surface area contributed by atoms with Crippen LogP contribution >= 0.6 is 0 Å². The molecule has 0 saturated heterocycles. The van der Waals surface area contributed by atoms with E-state index in [1.165, 1.54) is 0 Å². The minimum atomic E-state index is 0.214. The van der Waals surface area contributed by atoms with Gasteiger partial charge >= 0.3 is 0 Å². The third-order valence-corrected chi connectivity index (χ3v) is 4.18. The van der Waals surface area contributed by atoms with Crippen LogP contribution in [0, 0.1) is 13.8 Å². The second kappa shape index (κ2) is 6.44. The normalized spacial score (nSPS) is 11.4. The molecule has 26 heavy (non-hydrogen) atoms. The van der Waals surface area contributed by atoms with Crippen molar-refractivity contribution >= 4 is 34.2 Å². The number of hydrogen-bond acceptors (Lipinski definition) is 6. The molecule has 1 aromatic carbocycles. The number of nitrogens with one attached hydrogen (secondary N) is 2. The molecule has 3 aromatic heterocycles. The largest absolute Gasteiger partial charge is 0.338 e. The van der Waals surface area contributed by atoms with Crippen molar-refractivity contribution in [1.29, 1.82) is 0 Å². The summed E-state index contributed by atoms with van der Waals surface area (Å²) in [6.07, 6.45) is 3.54. The van der Waals surface area contributed by atoms with Gasteiger partial charge in [-0.1, -0.05) is 18.2 Å². The molecule has 4 aromatic rings. The molecular formula is C19H19N7. The lowest BCUT2D eigenvalue weighted by atomic mass is 10.1. The molecule has 7 heteroatoms. The standard InChI is InChI=1S/C19H19N7/c1-12-6-4-7-13(2)16(12)23-17-15-11-21-19(24-18(15)26(3)25-17)22-14-8-5-9-20-10-14/h4-11H,1-3H3,(H,23,25)(H,21,22,24)/i9D. The molecule has 0 spiro atoms. The van der Waals surface area contributed by atoms with E-state index in [4.69, 9.17) is 1.37 Å². The maximum absolute atomic E-state index is 7.44. The Morgan fingerprint density at radius 1 is 1.04 bits per heavy atom. The molecule has 0 amide bonds. The van der Waals surface area contributed by atoms with Crippen LogP contribution in [0.3, 0.4) is 0 Å². The monoisotopic (exact) mass is 346 g/mol. The molecule has 0 aliphatic carbocycles. The Hall–Kier alpha value is -3.48. The van der Waals surface area contributed by atoms with E-state index in [1.54, 1.807) is 29.2 Å². The van der Waals surface area contributed by atoms with Crippen molar-refractivity contribution in [2.45, 2.75) is 13.8 Å². The highest BCUT2D eigenvalue weighted by Gasteiger charge is 2.13. The highest BCUT2D eigenvalue weighted by molar-refractivity contribution is 5.90. The first-order valence-corrected chi connectivity index (χ1v) is 8.24. The summed E-state index contributed by atoms with van der Waals surface area (Å²) < 4.78 is 9.17. The lowest BCUT2D eigenvalue weighted by molar-refractivity contribution is 0.789. The quantitative estimate of drug-likeness (QED) is 0.584. The molecule has 130 valence electrons. The number of para-hydroxylation sites is 1. The smallest absolute Gasteiger partial charge is 0.229 e. The van der Waals surface area contributed by atoms with Crippen molar-refractivity contribution in [2.75, 3.05) is 10.6 Å². The van der Waals surface area contributed by atoms with Crippen LogP contribution in [-0.2, 0) is 7.05 Å². The van der Waals surface area contributed by atoms with Gasteiger partial charge in [0.25, 0.3) is 0 Å².